The Hall–Kier alpha value is -3.38. The number of hydrogen-bond donors (Lipinski definition) is 1. The van der Waals surface area contributed by atoms with Crippen LogP contribution in [0.3, 0.4) is 0 Å². The molecular weight excluding hydrogens is 478 g/mol. The first-order valence-corrected chi connectivity index (χ1v) is 11.8. The van der Waals surface area contributed by atoms with Gasteiger partial charge in [-0.25, -0.2) is 5.43 Å². The first kappa shape index (κ1) is 22.8. The molecule has 0 aliphatic heterocycles. The van der Waals surface area contributed by atoms with Crippen molar-refractivity contribution in [3.05, 3.63) is 100 Å². The molecule has 0 aliphatic rings. The van der Waals surface area contributed by atoms with Crippen LogP contribution in [0.2, 0.25) is 0 Å². The number of benzene rings is 3. The highest BCUT2D eigenvalue weighted by Gasteiger charge is 2.08. The van der Waals surface area contributed by atoms with Gasteiger partial charge in [0.25, 0.3) is 5.91 Å². The predicted molar refractivity (Wildman–Crippen MR) is 137 cm³/mol. The summed E-state index contributed by atoms with van der Waals surface area (Å²) in [5.74, 6) is 0.321. The molecule has 1 amide bonds. The lowest BCUT2D eigenvalue weighted by Crippen LogP contribution is -2.24. The molecule has 0 radical (unpaired) electrons. The number of aryl methyl sites for hydroxylation is 1. The number of halogens is 1. The minimum absolute atomic E-state index is 0.112. The molecule has 33 heavy (non-hydrogen) atoms. The molecule has 4 aromatic rings. The number of rotatable bonds is 9. The summed E-state index contributed by atoms with van der Waals surface area (Å²) < 4.78 is 8.67. The second kappa shape index (κ2) is 11.0. The van der Waals surface area contributed by atoms with Crippen molar-refractivity contribution in [3.63, 3.8) is 0 Å². The van der Waals surface area contributed by atoms with E-state index in [2.05, 4.69) is 68.4 Å². The standard InChI is InChI=1S/C27H26BrN3O2/c1-2-8-20-13-14-26(24(28)15-20)33-19-27(32)30-29-16-22-18-31(17-21-9-4-3-5-10-21)25-12-7-6-11-23(22)25/h3-7,9-16,18H,2,8,17,19H2,1H3,(H,30,32)/b29-16+. The van der Waals surface area contributed by atoms with Crippen LogP contribution in [-0.2, 0) is 17.8 Å². The Balaban J connectivity index is 1.39. The molecule has 1 N–H and O–H groups in total. The Morgan fingerprint density at radius 1 is 1.06 bits per heavy atom. The number of carbonyl (C=O) groups is 1. The number of carbonyl (C=O) groups excluding carboxylic acids is 1. The van der Waals surface area contributed by atoms with Crippen LogP contribution in [0.1, 0.15) is 30.0 Å². The highest BCUT2D eigenvalue weighted by molar-refractivity contribution is 9.10. The van der Waals surface area contributed by atoms with Crippen molar-refractivity contribution in [2.45, 2.75) is 26.3 Å². The molecule has 0 saturated carbocycles. The van der Waals surface area contributed by atoms with Crippen molar-refractivity contribution in [3.8, 4) is 5.75 Å². The molecule has 0 atom stereocenters. The molecule has 0 aliphatic carbocycles. The highest BCUT2D eigenvalue weighted by atomic mass is 79.9. The molecule has 3 aromatic carbocycles. The number of fused-ring (bicyclic) bond motifs is 1. The summed E-state index contributed by atoms with van der Waals surface area (Å²) in [6.07, 6.45) is 5.82. The molecule has 4 rings (SSSR count). The van der Waals surface area contributed by atoms with Crippen LogP contribution in [0.15, 0.2) is 88.6 Å². The van der Waals surface area contributed by atoms with Crippen LogP contribution in [0, 0.1) is 0 Å². The maximum Gasteiger partial charge on any atom is 0.277 e. The maximum atomic E-state index is 12.2. The molecule has 1 aromatic heterocycles. The van der Waals surface area contributed by atoms with Gasteiger partial charge in [0.1, 0.15) is 5.75 Å². The summed E-state index contributed by atoms with van der Waals surface area (Å²) in [7, 11) is 0. The number of nitrogens with one attached hydrogen (secondary N) is 1. The van der Waals surface area contributed by atoms with Gasteiger partial charge in [0.15, 0.2) is 6.61 Å². The summed E-state index contributed by atoms with van der Waals surface area (Å²) in [6, 6.07) is 24.4. The lowest BCUT2D eigenvalue weighted by Gasteiger charge is -2.08. The van der Waals surface area contributed by atoms with Gasteiger partial charge < -0.3 is 9.30 Å². The second-order valence-electron chi connectivity index (χ2n) is 7.81. The predicted octanol–water partition coefficient (Wildman–Crippen LogP) is 5.93. The normalized spacial score (nSPS) is 11.2. The Morgan fingerprint density at radius 3 is 2.64 bits per heavy atom. The van der Waals surface area contributed by atoms with E-state index in [9.17, 15) is 4.79 Å². The molecule has 0 saturated heterocycles. The van der Waals surface area contributed by atoms with E-state index in [-0.39, 0.29) is 12.5 Å². The Kier molecular flexibility index (Phi) is 7.58. The molecule has 0 fully saturated rings. The van der Waals surface area contributed by atoms with Gasteiger partial charge in [-0.3, -0.25) is 4.79 Å². The highest BCUT2D eigenvalue weighted by Crippen LogP contribution is 2.26. The summed E-state index contributed by atoms with van der Waals surface area (Å²) in [6.45, 7) is 2.80. The second-order valence-corrected chi connectivity index (χ2v) is 8.67. The zero-order valence-corrected chi connectivity index (χ0v) is 20.1. The minimum atomic E-state index is -0.316. The fourth-order valence-electron chi connectivity index (χ4n) is 3.74. The van der Waals surface area contributed by atoms with E-state index in [0.717, 1.165) is 40.3 Å². The number of nitrogens with zero attached hydrogens (tertiary/aromatic N) is 2. The third kappa shape index (κ3) is 5.90. The fraction of sp³-hybridized carbons (Fsp3) is 0.185. The number of amides is 1. The van der Waals surface area contributed by atoms with Crippen LogP contribution in [-0.4, -0.2) is 23.3 Å². The van der Waals surface area contributed by atoms with Crippen LogP contribution in [0.4, 0.5) is 0 Å². The van der Waals surface area contributed by atoms with Gasteiger partial charge in [0.2, 0.25) is 0 Å². The van der Waals surface area contributed by atoms with E-state index in [1.54, 1.807) is 6.21 Å². The van der Waals surface area contributed by atoms with Gasteiger partial charge in [-0.15, -0.1) is 0 Å². The van der Waals surface area contributed by atoms with Gasteiger partial charge in [-0.05, 0) is 51.7 Å². The summed E-state index contributed by atoms with van der Waals surface area (Å²) >= 11 is 3.51. The molecule has 1 heterocycles. The number of ether oxygens (including phenoxy) is 1. The number of hydrogen-bond acceptors (Lipinski definition) is 3. The topological polar surface area (TPSA) is 55.6 Å². The van der Waals surface area contributed by atoms with E-state index in [1.807, 2.05) is 48.5 Å². The molecular formula is C27H26BrN3O2. The van der Waals surface area contributed by atoms with E-state index < -0.39 is 0 Å². The maximum absolute atomic E-state index is 12.2. The van der Waals surface area contributed by atoms with E-state index in [4.69, 9.17) is 4.74 Å². The minimum Gasteiger partial charge on any atom is -0.483 e. The number of hydrazone groups is 1. The van der Waals surface area contributed by atoms with Gasteiger partial charge in [-0.2, -0.15) is 5.10 Å². The Morgan fingerprint density at radius 2 is 1.85 bits per heavy atom. The van der Waals surface area contributed by atoms with Gasteiger partial charge in [0.05, 0.1) is 10.7 Å². The first-order chi connectivity index (χ1) is 16.1. The molecule has 168 valence electrons. The average molecular weight is 504 g/mol. The molecule has 5 nitrogen and oxygen atoms in total. The lowest BCUT2D eigenvalue weighted by atomic mass is 10.1. The third-order valence-electron chi connectivity index (χ3n) is 5.30. The number of para-hydroxylation sites is 1. The van der Waals surface area contributed by atoms with Crippen LogP contribution < -0.4 is 10.2 Å². The SMILES string of the molecule is CCCc1ccc(OCC(=O)N/N=C/c2cn(Cc3ccccc3)c3ccccc23)c(Br)c1. The van der Waals surface area contributed by atoms with Crippen molar-refractivity contribution < 1.29 is 9.53 Å². The Bertz CT molecular complexity index is 1270. The first-order valence-electron chi connectivity index (χ1n) is 11.0. The zero-order valence-electron chi connectivity index (χ0n) is 18.5. The van der Waals surface area contributed by atoms with Crippen LogP contribution >= 0.6 is 15.9 Å². The summed E-state index contributed by atoms with van der Waals surface area (Å²) in [5, 5.41) is 5.24. The van der Waals surface area contributed by atoms with E-state index in [1.165, 1.54) is 11.1 Å². The molecule has 0 unspecified atom stereocenters. The summed E-state index contributed by atoms with van der Waals surface area (Å²) in [5.41, 5.74) is 7.07. The van der Waals surface area contributed by atoms with Gasteiger partial charge in [0, 0.05) is 29.2 Å². The lowest BCUT2D eigenvalue weighted by molar-refractivity contribution is -0.123. The fourth-order valence-corrected chi connectivity index (χ4v) is 4.28. The van der Waals surface area contributed by atoms with Crippen molar-refractivity contribution in [1.82, 2.24) is 9.99 Å². The van der Waals surface area contributed by atoms with Crippen LogP contribution in [0.5, 0.6) is 5.75 Å². The monoisotopic (exact) mass is 503 g/mol. The van der Waals surface area contributed by atoms with E-state index in [0.29, 0.717) is 5.75 Å². The number of aromatic nitrogens is 1. The molecule has 6 heteroatoms. The van der Waals surface area contributed by atoms with Gasteiger partial charge >= 0.3 is 0 Å². The van der Waals surface area contributed by atoms with Crippen molar-refractivity contribution in [2.24, 2.45) is 5.10 Å². The van der Waals surface area contributed by atoms with Crippen molar-refractivity contribution in [1.29, 1.82) is 0 Å². The third-order valence-corrected chi connectivity index (χ3v) is 5.92. The zero-order chi connectivity index (χ0) is 23.0. The van der Waals surface area contributed by atoms with Crippen LogP contribution in [0.25, 0.3) is 10.9 Å². The largest absolute Gasteiger partial charge is 0.483 e. The molecule has 0 bridgehead atoms. The average Bonchev–Trinajstić information content (AvgIpc) is 3.17. The Labute approximate surface area is 202 Å². The van der Waals surface area contributed by atoms with Crippen molar-refractivity contribution >= 4 is 39.0 Å². The smallest absolute Gasteiger partial charge is 0.277 e. The molecule has 0 spiro atoms. The van der Waals surface area contributed by atoms with Crippen molar-refractivity contribution in [2.75, 3.05) is 6.61 Å². The summed E-state index contributed by atoms with van der Waals surface area (Å²) in [4.78, 5) is 12.2. The van der Waals surface area contributed by atoms with E-state index >= 15 is 0 Å². The quantitative estimate of drug-likeness (QED) is 0.227. The van der Waals surface area contributed by atoms with Gasteiger partial charge in [-0.1, -0.05) is 67.9 Å².